The van der Waals surface area contributed by atoms with Gasteiger partial charge in [-0.25, -0.2) is 0 Å². The smallest absolute Gasteiger partial charge is 0.0872 e. The highest BCUT2D eigenvalue weighted by atomic mass is 32.2. The highest BCUT2D eigenvalue weighted by Crippen LogP contribution is 2.26. The molecule has 2 aliphatic rings. The van der Waals surface area contributed by atoms with Crippen LogP contribution in [-0.2, 0) is 4.74 Å². The zero-order valence-electron chi connectivity index (χ0n) is 10.3. The molecule has 2 saturated heterocycles. The number of hydrogen-bond acceptors (Lipinski definition) is 3. The summed E-state index contributed by atoms with van der Waals surface area (Å²) in [4.78, 5) is 0. The summed E-state index contributed by atoms with van der Waals surface area (Å²) in [6.07, 6.45) is 16.3. The predicted molar refractivity (Wildman–Crippen MR) is 79.6 cm³/mol. The molecule has 17 heavy (non-hydrogen) atoms. The van der Waals surface area contributed by atoms with Crippen molar-refractivity contribution in [2.45, 2.75) is 49.0 Å². The first-order valence-corrected chi connectivity index (χ1v) is 8.77. The zero-order chi connectivity index (χ0) is 11.8. The molecule has 2 fully saturated rings. The van der Waals surface area contributed by atoms with Crippen molar-refractivity contribution in [2.75, 3.05) is 11.5 Å². The molecule has 3 heteroatoms. The number of ether oxygens (including phenoxy) is 1. The topological polar surface area (TPSA) is 9.23 Å². The lowest BCUT2D eigenvalue weighted by Crippen LogP contribution is -2.06. The standard InChI is InChI=1S/C14H22OS2/c1-3-11-16-13(5-1)7-9-15-10-8-14-6-2-4-12-17-14/h7-10,13-14H,1-6,11-12H2. The summed E-state index contributed by atoms with van der Waals surface area (Å²) >= 11 is 4.11. The van der Waals surface area contributed by atoms with Gasteiger partial charge >= 0.3 is 0 Å². The Bertz CT molecular complexity index is 225. The Balaban J connectivity index is 1.60. The minimum absolute atomic E-state index is 0.682. The second-order valence-corrected chi connectivity index (χ2v) is 7.30. The van der Waals surface area contributed by atoms with Gasteiger partial charge in [0.25, 0.3) is 0 Å². The van der Waals surface area contributed by atoms with Gasteiger partial charge in [-0.2, -0.15) is 23.5 Å². The molecule has 1 nitrogen and oxygen atoms in total. The van der Waals surface area contributed by atoms with Crippen LogP contribution in [0.25, 0.3) is 0 Å². The summed E-state index contributed by atoms with van der Waals surface area (Å²) in [6, 6.07) is 0. The SMILES string of the molecule is C(=CC1CCCCS1)OC=CC1CCCCS1. The minimum atomic E-state index is 0.682. The van der Waals surface area contributed by atoms with E-state index in [-0.39, 0.29) is 0 Å². The van der Waals surface area contributed by atoms with Crippen LogP contribution in [0.15, 0.2) is 24.7 Å². The van der Waals surface area contributed by atoms with Gasteiger partial charge < -0.3 is 4.74 Å². The third kappa shape index (κ3) is 5.43. The van der Waals surface area contributed by atoms with Crippen molar-refractivity contribution >= 4 is 23.5 Å². The van der Waals surface area contributed by atoms with Crippen molar-refractivity contribution in [3.05, 3.63) is 24.7 Å². The molecule has 0 aliphatic carbocycles. The van der Waals surface area contributed by atoms with E-state index in [9.17, 15) is 0 Å². The Morgan fingerprint density at radius 3 is 1.71 bits per heavy atom. The van der Waals surface area contributed by atoms with Crippen LogP contribution in [-0.4, -0.2) is 22.0 Å². The van der Waals surface area contributed by atoms with Gasteiger partial charge in [0.1, 0.15) is 0 Å². The van der Waals surface area contributed by atoms with Gasteiger partial charge in [-0.05, 0) is 49.3 Å². The van der Waals surface area contributed by atoms with Crippen LogP contribution in [0.2, 0.25) is 0 Å². The number of thioether (sulfide) groups is 2. The van der Waals surface area contributed by atoms with Crippen molar-refractivity contribution in [2.24, 2.45) is 0 Å². The average molecular weight is 270 g/mol. The Kier molecular flexibility index (Phi) is 6.43. The molecule has 2 atom stereocenters. The van der Waals surface area contributed by atoms with Crippen LogP contribution in [0, 0.1) is 0 Å². The normalized spacial score (nSPS) is 31.1. The van der Waals surface area contributed by atoms with E-state index in [0.29, 0.717) is 10.5 Å². The Morgan fingerprint density at radius 2 is 1.29 bits per heavy atom. The van der Waals surface area contributed by atoms with Gasteiger partial charge in [0.05, 0.1) is 12.5 Å². The van der Waals surface area contributed by atoms with Crippen LogP contribution in [0.1, 0.15) is 38.5 Å². The molecule has 2 heterocycles. The number of hydrogen-bond donors (Lipinski definition) is 0. The second-order valence-electron chi connectivity index (χ2n) is 4.60. The lowest BCUT2D eigenvalue weighted by Gasteiger charge is -2.17. The van der Waals surface area contributed by atoms with Crippen molar-refractivity contribution in [1.29, 1.82) is 0 Å². The Labute approximate surface area is 113 Å². The minimum Gasteiger partial charge on any atom is -0.473 e. The highest BCUT2D eigenvalue weighted by molar-refractivity contribution is 8.00. The second kappa shape index (κ2) is 8.15. The summed E-state index contributed by atoms with van der Waals surface area (Å²) in [6.45, 7) is 0. The van der Waals surface area contributed by atoms with Gasteiger partial charge in [-0.3, -0.25) is 0 Å². The molecule has 0 N–H and O–H groups in total. The molecule has 0 aromatic carbocycles. The molecule has 0 amide bonds. The fraction of sp³-hybridized carbons (Fsp3) is 0.714. The average Bonchev–Trinajstić information content (AvgIpc) is 2.41. The third-order valence-electron chi connectivity index (χ3n) is 3.17. The number of rotatable bonds is 4. The molecule has 0 spiro atoms. The van der Waals surface area contributed by atoms with E-state index in [1.165, 1.54) is 50.0 Å². The molecule has 0 radical (unpaired) electrons. The predicted octanol–water partition coefficient (Wildman–Crippen LogP) is 4.60. The van der Waals surface area contributed by atoms with Crippen molar-refractivity contribution < 1.29 is 4.74 Å². The van der Waals surface area contributed by atoms with E-state index in [2.05, 4.69) is 35.7 Å². The summed E-state index contributed by atoms with van der Waals surface area (Å²) in [5.74, 6) is 2.62. The van der Waals surface area contributed by atoms with E-state index >= 15 is 0 Å². The van der Waals surface area contributed by atoms with Gasteiger partial charge in [0.15, 0.2) is 0 Å². The molecule has 96 valence electrons. The van der Waals surface area contributed by atoms with Crippen molar-refractivity contribution in [3.8, 4) is 0 Å². The lowest BCUT2D eigenvalue weighted by molar-refractivity contribution is 0.398. The van der Waals surface area contributed by atoms with Crippen LogP contribution in [0.4, 0.5) is 0 Å². The van der Waals surface area contributed by atoms with Gasteiger partial charge in [0, 0.05) is 10.5 Å². The molecule has 2 rings (SSSR count). The first-order valence-electron chi connectivity index (χ1n) is 6.67. The quantitative estimate of drug-likeness (QED) is 0.691. The maximum Gasteiger partial charge on any atom is 0.0872 e. The fourth-order valence-electron chi connectivity index (χ4n) is 2.15. The van der Waals surface area contributed by atoms with Gasteiger partial charge in [0.2, 0.25) is 0 Å². The fourth-order valence-corrected chi connectivity index (χ4v) is 4.51. The van der Waals surface area contributed by atoms with Crippen LogP contribution < -0.4 is 0 Å². The lowest BCUT2D eigenvalue weighted by atomic mass is 10.2. The van der Waals surface area contributed by atoms with Gasteiger partial charge in [-0.15, -0.1) is 0 Å². The Morgan fingerprint density at radius 1 is 0.765 bits per heavy atom. The van der Waals surface area contributed by atoms with E-state index in [1.807, 2.05) is 12.5 Å². The maximum absolute atomic E-state index is 5.45. The van der Waals surface area contributed by atoms with Crippen LogP contribution in [0.5, 0.6) is 0 Å². The van der Waals surface area contributed by atoms with Gasteiger partial charge in [-0.1, -0.05) is 12.8 Å². The largest absolute Gasteiger partial charge is 0.473 e. The van der Waals surface area contributed by atoms with E-state index in [4.69, 9.17) is 4.74 Å². The van der Waals surface area contributed by atoms with E-state index < -0.39 is 0 Å². The molecular formula is C14H22OS2. The van der Waals surface area contributed by atoms with Crippen molar-refractivity contribution in [1.82, 2.24) is 0 Å². The monoisotopic (exact) mass is 270 g/mol. The Hall–Kier alpha value is -0.0200. The third-order valence-corrected chi connectivity index (χ3v) is 5.86. The molecule has 2 aliphatic heterocycles. The van der Waals surface area contributed by atoms with E-state index in [1.54, 1.807) is 0 Å². The molecular weight excluding hydrogens is 248 g/mol. The molecule has 0 aromatic heterocycles. The molecule has 0 saturated carbocycles. The first-order chi connectivity index (χ1) is 8.45. The summed E-state index contributed by atoms with van der Waals surface area (Å²) in [5.41, 5.74) is 0. The van der Waals surface area contributed by atoms with Crippen LogP contribution >= 0.6 is 23.5 Å². The summed E-state index contributed by atoms with van der Waals surface area (Å²) in [7, 11) is 0. The van der Waals surface area contributed by atoms with Crippen LogP contribution in [0.3, 0.4) is 0 Å². The molecule has 0 bridgehead atoms. The van der Waals surface area contributed by atoms with E-state index in [0.717, 1.165) is 0 Å². The zero-order valence-corrected chi connectivity index (χ0v) is 12.0. The highest BCUT2D eigenvalue weighted by Gasteiger charge is 2.11. The molecule has 0 aromatic rings. The maximum atomic E-state index is 5.45. The molecule has 2 unspecified atom stereocenters. The summed E-state index contributed by atoms with van der Waals surface area (Å²) in [5, 5.41) is 1.36. The van der Waals surface area contributed by atoms with Crippen molar-refractivity contribution in [3.63, 3.8) is 0 Å². The summed E-state index contributed by atoms with van der Waals surface area (Å²) < 4.78 is 5.45. The first kappa shape index (κ1) is 13.4.